The van der Waals surface area contributed by atoms with E-state index in [9.17, 15) is 26.7 Å². The van der Waals surface area contributed by atoms with Crippen LogP contribution in [0.2, 0.25) is 4.34 Å². The van der Waals surface area contributed by atoms with Crippen molar-refractivity contribution in [1.29, 1.82) is 0 Å². The van der Waals surface area contributed by atoms with Crippen molar-refractivity contribution in [2.45, 2.75) is 4.21 Å². The Morgan fingerprint density at radius 1 is 0.968 bits per heavy atom. The summed E-state index contributed by atoms with van der Waals surface area (Å²) in [5.74, 6) is -1.93. The average Bonchev–Trinajstić information content (AvgIpc) is 3.03. The predicted octanol–water partition coefficient (Wildman–Crippen LogP) is 3.64. The van der Waals surface area contributed by atoms with Crippen LogP contribution in [0.15, 0.2) is 52.7 Å². The van der Waals surface area contributed by atoms with Crippen LogP contribution in [0.4, 0.5) is 11.4 Å². The fraction of sp³-hybridized carbons (Fsp3) is 0.0556. The van der Waals surface area contributed by atoms with Crippen LogP contribution >= 0.6 is 22.9 Å². The zero-order chi connectivity index (χ0) is 23.0. The molecule has 4 N–H and O–H groups in total. The van der Waals surface area contributed by atoms with Crippen molar-refractivity contribution in [1.82, 2.24) is 0 Å². The van der Waals surface area contributed by atoms with Gasteiger partial charge in [0.25, 0.3) is 10.0 Å². The number of aromatic carboxylic acids is 1. The molecule has 0 unspecified atom stereocenters. The van der Waals surface area contributed by atoms with Crippen molar-refractivity contribution in [3.63, 3.8) is 0 Å². The molecule has 1 heterocycles. The van der Waals surface area contributed by atoms with Gasteiger partial charge in [-0.15, -0.1) is 11.3 Å². The van der Waals surface area contributed by atoms with Gasteiger partial charge in [0, 0.05) is 17.3 Å². The molecule has 2 aromatic carbocycles. The summed E-state index contributed by atoms with van der Waals surface area (Å²) in [7, 11) is -7.50. The van der Waals surface area contributed by atoms with Crippen molar-refractivity contribution in [3.8, 4) is 16.9 Å². The molecule has 3 rings (SSSR count). The van der Waals surface area contributed by atoms with Gasteiger partial charge in [-0.05, 0) is 35.9 Å². The van der Waals surface area contributed by atoms with E-state index in [1.54, 1.807) is 12.1 Å². The van der Waals surface area contributed by atoms with E-state index in [0.717, 1.165) is 29.7 Å². The average molecular weight is 503 g/mol. The van der Waals surface area contributed by atoms with E-state index in [1.165, 1.54) is 24.3 Å². The summed E-state index contributed by atoms with van der Waals surface area (Å²) in [6.07, 6.45) is 1.02. The number of carbonyl (C=O) groups is 1. The third-order valence-electron chi connectivity index (χ3n) is 3.91. The third-order valence-corrected chi connectivity index (χ3v) is 7.73. The van der Waals surface area contributed by atoms with Crippen LogP contribution in [-0.4, -0.2) is 39.3 Å². The Balaban J connectivity index is 1.87. The maximum absolute atomic E-state index is 12.7. The topological polar surface area (TPSA) is 150 Å². The Morgan fingerprint density at radius 2 is 1.58 bits per heavy atom. The van der Waals surface area contributed by atoms with E-state index in [-0.39, 0.29) is 19.8 Å². The highest BCUT2D eigenvalue weighted by Gasteiger charge is 2.21. The van der Waals surface area contributed by atoms with Gasteiger partial charge in [-0.2, -0.15) is 0 Å². The molecule has 31 heavy (non-hydrogen) atoms. The van der Waals surface area contributed by atoms with Crippen molar-refractivity contribution in [2.75, 3.05) is 15.7 Å². The largest absolute Gasteiger partial charge is 0.507 e. The number of hydrogen-bond donors (Lipinski definition) is 4. The zero-order valence-electron chi connectivity index (χ0n) is 15.7. The number of carboxylic acid groups (broad SMARTS) is 1. The van der Waals surface area contributed by atoms with Crippen LogP contribution in [0, 0.1) is 0 Å². The van der Waals surface area contributed by atoms with E-state index in [4.69, 9.17) is 16.7 Å². The first-order valence-corrected chi connectivity index (χ1v) is 12.9. The number of thiophene rings is 1. The van der Waals surface area contributed by atoms with Crippen LogP contribution < -0.4 is 9.44 Å². The quantitative estimate of drug-likeness (QED) is 0.385. The first kappa shape index (κ1) is 22.9. The second kappa shape index (κ2) is 8.38. The van der Waals surface area contributed by atoms with Crippen LogP contribution in [0.5, 0.6) is 5.75 Å². The number of sulfonamides is 2. The van der Waals surface area contributed by atoms with E-state index in [1.807, 2.05) is 0 Å². The molecule has 0 radical (unpaired) electrons. The van der Waals surface area contributed by atoms with Gasteiger partial charge >= 0.3 is 5.97 Å². The van der Waals surface area contributed by atoms with E-state index < -0.39 is 31.8 Å². The lowest BCUT2D eigenvalue weighted by Gasteiger charge is -2.08. The number of rotatable bonds is 7. The molecule has 3 aromatic rings. The molecule has 0 aliphatic carbocycles. The van der Waals surface area contributed by atoms with Crippen LogP contribution in [0.1, 0.15) is 10.4 Å². The van der Waals surface area contributed by atoms with Crippen LogP contribution in [0.3, 0.4) is 0 Å². The summed E-state index contributed by atoms with van der Waals surface area (Å²) >= 11 is 7.03. The SMILES string of the molecule is CS(=O)(=O)Nc1ccc(-c2cc(S(=O)(=O)Nc3ccc(C(=O)O)c(O)c3)sc2Cl)cc1. The molecule has 1 aromatic heterocycles. The van der Waals surface area contributed by atoms with E-state index >= 15 is 0 Å². The molecule has 0 saturated carbocycles. The summed E-state index contributed by atoms with van der Waals surface area (Å²) in [6.45, 7) is 0. The molecule has 0 spiro atoms. The molecule has 0 amide bonds. The van der Waals surface area contributed by atoms with Gasteiger partial charge in [0.1, 0.15) is 19.9 Å². The number of nitrogens with one attached hydrogen (secondary N) is 2. The van der Waals surface area contributed by atoms with Crippen LogP contribution in [0.25, 0.3) is 11.1 Å². The third kappa shape index (κ3) is 5.47. The number of phenols is 1. The highest BCUT2D eigenvalue weighted by atomic mass is 35.5. The fourth-order valence-corrected chi connectivity index (χ4v) is 5.97. The minimum atomic E-state index is -4.07. The van der Waals surface area contributed by atoms with Gasteiger partial charge in [-0.25, -0.2) is 21.6 Å². The number of hydrogen-bond acceptors (Lipinski definition) is 7. The van der Waals surface area contributed by atoms with Gasteiger partial charge in [0.2, 0.25) is 10.0 Å². The Morgan fingerprint density at radius 3 is 2.13 bits per heavy atom. The summed E-state index contributed by atoms with van der Waals surface area (Å²) in [5, 5.41) is 18.7. The first-order valence-electron chi connectivity index (χ1n) is 8.32. The standard InChI is InChI=1S/C18H15ClN2O7S3/c1-30(25,26)20-11-4-2-10(3-5-11)14-9-16(29-17(14)19)31(27,28)21-12-6-7-13(18(23)24)15(22)8-12/h2-9,20-22H,1H3,(H,23,24). The molecular formula is C18H15ClN2O7S3. The van der Waals surface area contributed by atoms with Crippen molar-refractivity contribution < 1.29 is 31.8 Å². The van der Waals surface area contributed by atoms with Crippen molar-refractivity contribution in [3.05, 3.63) is 58.4 Å². The van der Waals surface area contributed by atoms with Crippen LogP contribution in [-0.2, 0) is 20.0 Å². The zero-order valence-corrected chi connectivity index (χ0v) is 18.9. The molecule has 0 bridgehead atoms. The number of aromatic hydroxyl groups is 1. The van der Waals surface area contributed by atoms with E-state index in [2.05, 4.69) is 9.44 Å². The Bertz CT molecular complexity index is 1370. The lowest BCUT2D eigenvalue weighted by Crippen LogP contribution is -2.11. The molecule has 0 aliphatic rings. The summed E-state index contributed by atoms with van der Waals surface area (Å²) in [6, 6.07) is 10.9. The molecular weight excluding hydrogens is 488 g/mol. The maximum Gasteiger partial charge on any atom is 0.339 e. The maximum atomic E-state index is 12.7. The van der Waals surface area contributed by atoms with Gasteiger partial charge in [-0.3, -0.25) is 9.44 Å². The number of halogens is 1. The molecule has 0 fully saturated rings. The first-order chi connectivity index (χ1) is 14.4. The Kier molecular flexibility index (Phi) is 6.18. The van der Waals surface area contributed by atoms with Gasteiger partial charge < -0.3 is 10.2 Å². The van der Waals surface area contributed by atoms with Crippen molar-refractivity contribution >= 4 is 60.3 Å². The predicted molar refractivity (Wildman–Crippen MR) is 119 cm³/mol. The number of anilines is 2. The smallest absolute Gasteiger partial charge is 0.339 e. The Hall–Kier alpha value is -2.80. The monoisotopic (exact) mass is 502 g/mol. The van der Waals surface area contributed by atoms with E-state index in [0.29, 0.717) is 16.8 Å². The second-order valence-electron chi connectivity index (χ2n) is 6.35. The molecule has 0 saturated heterocycles. The van der Waals surface area contributed by atoms with Gasteiger partial charge in [-0.1, -0.05) is 23.7 Å². The highest BCUT2D eigenvalue weighted by Crippen LogP contribution is 2.39. The van der Waals surface area contributed by atoms with Crippen molar-refractivity contribution in [2.24, 2.45) is 0 Å². The van der Waals surface area contributed by atoms with Gasteiger partial charge in [0.15, 0.2) is 0 Å². The lowest BCUT2D eigenvalue weighted by atomic mass is 10.1. The normalized spacial score (nSPS) is 11.8. The molecule has 0 atom stereocenters. The molecule has 9 nitrogen and oxygen atoms in total. The van der Waals surface area contributed by atoms with Gasteiger partial charge in [0.05, 0.1) is 11.9 Å². The number of carboxylic acids is 1. The molecule has 164 valence electrons. The fourth-order valence-electron chi connectivity index (χ4n) is 2.59. The minimum absolute atomic E-state index is 0.0234. The number of benzene rings is 2. The summed E-state index contributed by atoms with van der Waals surface area (Å²) in [4.78, 5) is 11.0. The Labute approximate surface area is 187 Å². The molecule has 13 heteroatoms. The second-order valence-corrected chi connectivity index (χ2v) is 11.7. The molecule has 0 aliphatic heterocycles. The lowest BCUT2D eigenvalue weighted by molar-refractivity contribution is 0.0693. The minimum Gasteiger partial charge on any atom is -0.507 e. The summed E-state index contributed by atoms with van der Waals surface area (Å²) in [5.41, 5.74) is 0.965. The summed E-state index contributed by atoms with van der Waals surface area (Å²) < 4.78 is 52.7. The highest BCUT2D eigenvalue weighted by molar-refractivity contribution is 7.94.